The van der Waals surface area contributed by atoms with Crippen molar-refractivity contribution in [2.75, 3.05) is 17.2 Å². The van der Waals surface area contributed by atoms with E-state index in [1.807, 2.05) is 0 Å². The monoisotopic (exact) mass is 259 g/mol. The molecule has 1 aromatic rings. The van der Waals surface area contributed by atoms with Crippen LogP contribution in [0.5, 0.6) is 0 Å². The predicted octanol–water partition coefficient (Wildman–Crippen LogP) is 1.42. The fourth-order valence-corrected chi connectivity index (χ4v) is 2.08. The third-order valence-corrected chi connectivity index (χ3v) is 4.10. The number of rotatable bonds is 5. The van der Waals surface area contributed by atoms with Crippen LogP contribution in [0, 0.1) is 5.82 Å². The Balaban J connectivity index is 2.81. The molecule has 0 saturated heterocycles. The van der Waals surface area contributed by atoms with Crippen molar-refractivity contribution in [2.45, 2.75) is 13.3 Å². The standard InChI is InChI=1S/C11H14FNO3S/c1-2-17(15,16)6-5-11(14)9-7-8(12)3-4-10(9)13/h3-4,7H,2,5-6,13H2,1H3. The molecule has 0 saturated carbocycles. The topological polar surface area (TPSA) is 77.2 Å². The van der Waals surface area contributed by atoms with Crippen molar-refractivity contribution in [3.05, 3.63) is 29.6 Å². The quantitative estimate of drug-likeness (QED) is 0.640. The van der Waals surface area contributed by atoms with Crippen molar-refractivity contribution in [1.82, 2.24) is 0 Å². The number of halogens is 1. The number of nitrogens with two attached hydrogens (primary N) is 1. The summed E-state index contributed by atoms with van der Waals surface area (Å²) < 4.78 is 35.4. The van der Waals surface area contributed by atoms with E-state index in [4.69, 9.17) is 5.73 Å². The van der Waals surface area contributed by atoms with Gasteiger partial charge >= 0.3 is 0 Å². The van der Waals surface area contributed by atoms with Crippen molar-refractivity contribution in [3.63, 3.8) is 0 Å². The van der Waals surface area contributed by atoms with Gasteiger partial charge in [-0.3, -0.25) is 4.79 Å². The molecule has 0 aromatic heterocycles. The van der Waals surface area contributed by atoms with Crippen molar-refractivity contribution in [2.24, 2.45) is 0 Å². The number of carbonyl (C=O) groups is 1. The maximum Gasteiger partial charge on any atom is 0.166 e. The highest BCUT2D eigenvalue weighted by molar-refractivity contribution is 7.91. The summed E-state index contributed by atoms with van der Waals surface area (Å²) in [6.07, 6.45) is -0.177. The molecule has 1 aromatic carbocycles. The molecule has 4 nitrogen and oxygen atoms in total. The number of anilines is 1. The molecule has 6 heteroatoms. The Morgan fingerprint density at radius 2 is 2.06 bits per heavy atom. The lowest BCUT2D eigenvalue weighted by Gasteiger charge is -2.05. The largest absolute Gasteiger partial charge is 0.398 e. The van der Waals surface area contributed by atoms with Gasteiger partial charge in [0.2, 0.25) is 0 Å². The van der Waals surface area contributed by atoms with E-state index in [0.29, 0.717) is 0 Å². The van der Waals surface area contributed by atoms with Crippen LogP contribution in [0.15, 0.2) is 18.2 Å². The minimum atomic E-state index is -3.20. The summed E-state index contributed by atoms with van der Waals surface area (Å²) in [4.78, 5) is 11.7. The molecule has 0 fully saturated rings. The van der Waals surface area contributed by atoms with E-state index in [1.54, 1.807) is 0 Å². The molecule has 94 valence electrons. The van der Waals surface area contributed by atoms with Crippen LogP contribution in [0.2, 0.25) is 0 Å². The lowest BCUT2D eigenvalue weighted by Crippen LogP contribution is -2.14. The summed E-state index contributed by atoms with van der Waals surface area (Å²) in [6, 6.07) is 3.46. The third kappa shape index (κ3) is 3.81. The number of carbonyl (C=O) groups excluding carboxylic acids is 1. The number of sulfone groups is 1. The van der Waals surface area contributed by atoms with Gasteiger partial charge < -0.3 is 5.73 Å². The molecule has 1 rings (SSSR count). The van der Waals surface area contributed by atoms with Gasteiger partial charge in [-0.25, -0.2) is 12.8 Å². The van der Waals surface area contributed by atoms with Gasteiger partial charge in [0.25, 0.3) is 0 Å². The van der Waals surface area contributed by atoms with Crippen molar-refractivity contribution >= 4 is 21.3 Å². The van der Waals surface area contributed by atoms with Crippen LogP contribution in [0.3, 0.4) is 0 Å². The third-order valence-electron chi connectivity index (χ3n) is 2.40. The Kier molecular flexibility index (Phi) is 4.22. The molecule has 0 bridgehead atoms. The molecule has 17 heavy (non-hydrogen) atoms. The molecule has 0 spiro atoms. The number of hydrogen-bond acceptors (Lipinski definition) is 4. The number of Topliss-reactive ketones (excluding diaryl/α,β-unsaturated/α-hetero) is 1. The summed E-state index contributed by atoms with van der Waals surface area (Å²) in [7, 11) is -3.20. The van der Waals surface area contributed by atoms with Crippen LogP contribution in [-0.2, 0) is 9.84 Å². The average molecular weight is 259 g/mol. The SMILES string of the molecule is CCS(=O)(=O)CCC(=O)c1cc(F)ccc1N. The maximum atomic E-state index is 12.9. The van der Waals surface area contributed by atoms with Crippen LogP contribution in [0.1, 0.15) is 23.7 Å². The zero-order chi connectivity index (χ0) is 13.1. The summed E-state index contributed by atoms with van der Waals surface area (Å²) in [6.45, 7) is 1.51. The second-order valence-corrected chi connectivity index (χ2v) is 6.11. The van der Waals surface area contributed by atoms with Gasteiger partial charge in [-0.1, -0.05) is 6.92 Å². The Morgan fingerprint density at radius 1 is 1.41 bits per heavy atom. The summed E-state index contributed by atoms with van der Waals surface area (Å²) >= 11 is 0. The number of ketones is 1. The van der Waals surface area contributed by atoms with Crippen molar-refractivity contribution < 1.29 is 17.6 Å². The zero-order valence-corrected chi connectivity index (χ0v) is 10.3. The van der Waals surface area contributed by atoms with E-state index in [9.17, 15) is 17.6 Å². The minimum absolute atomic E-state index is 0.0150. The second-order valence-electron chi connectivity index (χ2n) is 3.64. The van der Waals surface area contributed by atoms with Crippen LogP contribution in [0.25, 0.3) is 0 Å². The Morgan fingerprint density at radius 3 is 2.65 bits per heavy atom. The van der Waals surface area contributed by atoms with E-state index >= 15 is 0 Å². The highest BCUT2D eigenvalue weighted by Gasteiger charge is 2.15. The van der Waals surface area contributed by atoms with Crippen LogP contribution >= 0.6 is 0 Å². The molecular formula is C11H14FNO3S. The highest BCUT2D eigenvalue weighted by atomic mass is 32.2. The van der Waals surface area contributed by atoms with E-state index in [-0.39, 0.29) is 29.2 Å². The molecule has 0 amide bonds. The van der Waals surface area contributed by atoms with Gasteiger partial charge in [-0.05, 0) is 18.2 Å². The van der Waals surface area contributed by atoms with Gasteiger partial charge in [-0.2, -0.15) is 0 Å². The van der Waals surface area contributed by atoms with E-state index in [1.165, 1.54) is 13.0 Å². The highest BCUT2D eigenvalue weighted by Crippen LogP contribution is 2.15. The first-order valence-corrected chi connectivity index (χ1v) is 6.96. The fraction of sp³-hybridized carbons (Fsp3) is 0.364. The molecule has 0 aliphatic carbocycles. The second kappa shape index (κ2) is 5.27. The first-order valence-electron chi connectivity index (χ1n) is 5.14. The molecule has 0 aliphatic heterocycles. The number of nitrogen functional groups attached to an aromatic ring is 1. The van der Waals surface area contributed by atoms with Gasteiger partial charge in [0.15, 0.2) is 5.78 Å². The smallest absolute Gasteiger partial charge is 0.166 e. The number of benzene rings is 1. The van der Waals surface area contributed by atoms with Crippen molar-refractivity contribution in [1.29, 1.82) is 0 Å². The van der Waals surface area contributed by atoms with Gasteiger partial charge in [0.05, 0.1) is 5.75 Å². The van der Waals surface area contributed by atoms with Crippen LogP contribution in [0.4, 0.5) is 10.1 Å². The molecular weight excluding hydrogens is 245 g/mol. The van der Waals surface area contributed by atoms with Crippen LogP contribution in [-0.4, -0.2) is 25.7 Å². The Hall–Kier alpha value is -1.43. The zero-order valence-electron chi connectivity index (χ0n) is 9.44. The molecule has 0 heterocycles. The molecule has 0 radical (unpaired) electrons. The van der Waals surface area contributed by atoms with Gasteiger partial charge in [0.1, 0.15) is 15.7 Å². The first-order chi connectivity index (χ1) is 7.85. The van der Waals surface area contributed by atoms with Gasteiger partial charge in [0, 0.05) is 23.4 Å². The summed E-state index contributed by atoms with van der Waals surface area (Å²) in [5.74, 6) is -1.28. The molecule has 2 N–H and O–H groups in total. The number of hydrogen-bond donors (Lipinski definition) is 1. The molecule has 0 aliphatic rings. The van der Waals surface area contributed by atoms with Crippen LogP contribution < -0.4 is 5.73 Å². The van der Waals surface area contributed by atoms with Gasteiger partial charge in [-0.15, -0.1) is 0 Å². The fourth-order valence-electron chi connectivity index (χ4n) is 1.30. The van der Waals surface area contributed by atoms with E-state index in [0.717, 1.165) is 12.1 Å². The predicted molar refractivity (Wildman–Crippen MR) is 64.1 cm³/mol. The minimum Gasteiger partial charge on any atom is -0.398 e. The Bertz CT molecular complexity index is 526. The maximum absolute atomic E-state index is 12.9. The Labute approximate surface area is 99.5 Å². The lowest BCUT2D eigenvalue weighted by atomic mass is 10.1. The molecule has 0 unspecified atom stereocenters. The summed E-state index contributed by atoms with van der Waals surface area (Å²) in [5, 5.41) is 0. The molecule has 0 atom stereocenters. The summed E-state index contributed by atoms with van der Waals surface area (Å²) in [5.41, 5.74) is 5.72. The first kappa shape index (κ1) is 13.6. The van der Waals surface area contributed by atoms with Crippen molar-refractivity contribution in [3.8, 4) is 0 Å². The average Bonchev–Trinajstić information content (AvgIpc) is 2.29. The normalized spacial score (nSPS) is 11.4. The lowest BCUT2D eigenvalue weighted by molar-refractivity contribution is 0.0989. The van der Waals surface area contributed by atoms with E-state index in [2.05, 4.69) is 0 Å². The van der Waals surface area contributed by atoms with E-state index < -0.39 is 21.4 Å².